The number of hydrogen-bond acceptors (Lipinski definition) is 2. The minimum atomic E-state index is 0.116. The average Bonchev–Trinajstić information content (AvgIpc) is 1.89. The molecule has 5 heteroatoms. The number of hydroxylamine groups is 2. The van der Waals surface area contributed by atoms with Gasteiger partial charge < -0.3 is 0 Å². The molecule has 0 radical (unpaired) electrons. The fourth-order valence-corrected chi connectivity index (χ4v) is 3.39. The molecular weight excluding hydrogens is 250 g/mol. The first-order chi connectivity index (χ1) is 4.31. The Hall–Kier alpha value is 1.04. The number of quaternary nitrogens is 1. The van der Waals surface area contributed by atoms with Gasteiger partial charge in [0.2, 0.25) is 0 Å². The van der Waals surface area contributed by atoms with Crippen molar-refractivity contribution in [3.05, 3.63) is 5.21 Å². The maximum absolute atomic E-state index is 10.7. The summed E-state index contributed by atoms with van der Waals surface area (Å²) >= 11 is 0.116. The molecule has 0 aromatic rings. The molecule has 3 nitrogen and oxygen atoms in total. The standard InChI is InChI=1S/C4H13IN2OP/c1-2-7(8)3-5-4-9-6/h7,9H,2-4,6H2,1H3/q-1. The van der Waals surface area contributed by atoms with Gasteiger partial charge in [0, 0.05) is 0 Å². The third-order valence-electron chi connectivity index (χ3n) is 0.810. The Kier molecular flexibility index (Phi) is 7.98. The topological polar surface area (TPSA) is 53.5 Å². The molecule has 0 heterocycles. The Morgan fingerprint density at radius 3 is 2.89 bits per heavy atom. The van der Waals surface area contributed by atoms with E-state index in [-0.39, 0.29) is 21.2 Å². The molecule has 58 valence electrons. The summed E-state index contributed by atoms with van der Waals surface area (Å²) in [5, 5.41) is 11.1. The first-order valence-electron chi connectivity index (χ1n) is 2.80. The van der Waals surface area contributed by atoms with Gasteiger partial charge in [-0.2, -0.15) is 0 Å². The molecule has 2 atom stereocenters. The molecule has 0 fully saturated rings. The molecular formula is C4H13IN2OP-. The molecule has 0 aliphatic heterocycles. The van der Waals surface area contributed by atoms with Gasteiger partial charge in [-0.25, -0.2) is 0 Å². The molecule has 9 heavy (non-hydrogen) atoms. The molecule has 0 bridgehead atoms. The third-order valence-corrected chi connectivity index (χ3v) is 5.48. The Bertz CT molecular complexity index is 66.5. The average molecular weight is 263 g/mol. The van der Waals surface area contributed by atoms with Crippen LogP contribution in [0.3, 0.4) is 0 Å². The monoisotopic (exact) mass is 263 g/mol. The van der Waals surface area contributed by atoms with Gasteiger partial charge in [-0.1, -0.05) is 0 Å². The van der Waals surface area contributed by atoms with E-state index >= 15 is 0 Å². The van der Waals surface area contributed by atoms with Gasteiger partial charge in [-0.05, 0) is 0 Å². The number of hydrogen-bond donors (Lipinski definition) is 2. The van der Waals surface area contributed by atoms with Crippen LogP contribution in [0.5, 0.6) is 0 Å². The predicted octanol–water partition coefficient (Wildman–Crippen LogP) is -4.05. The Balaban J connectivity index is 2.88. The quantitative estimate of drug-likeness (QED) is 0.132. The summed E-state index contributed by atoms with van der Waals surface area (Å²) in [4.78, 5) is 0. The van der Waals surface area contributed by atoms with E-state index in [1.54, 1.807) is 0 Å². The number of rotatable bonds is 5. The molecule has 0 aromatic heterocycles. The van der Waals surface area contributed by atoms with Crippen molar-refractivity contribution in [1.29, 1.82) is 0 Å². The molecule has 0 saturated heterocycles. The molecule has 3 N–H and O–H groups in total. The van der Waals surface area contributed by atoms with Crippen molar-refractivity contribution < 1.29 is 26.3 Å². The summed E-state index contributed by atoms with van der Waals surface area (Å²) in [5.74, 6) is 0. The van der Waals surface area contributed by atoms with E-state index in [1.807, 2.05) is 6.92 Å². The van der Waals surface area contributed by atoms with Crippen molar-refractivity contribution >= 4 is 8.73 Å². The molecule has 0 amide bonds. The van der Waals surface area contributed by atoms with Gasteiger partial charge in [0.15, 0.2) is 0 Å². The third kappa shape index (κ3) is 6.93. The number of alkyl halides is 2. The second kappa shape index (κ2) is 7.15. The number of nitrogens with one attached hydrogen (secondary N) is 1. The number of nitrogens with two attached hydrogens (primary N) is 1. The Morgan fingerprint density at radius 1 is 1.78 bits per heavy atom. The van der Waals surface area contributed by atoms with Crippen molar-refractivity contribution in [3.63, 3.8) is 0 Å². The van der Waals surface area contributed by atoms with Gasteiger partial charge in [0.1, 0.15) is 0 Å². The van der Waals surface area contributed by atoms with E-state index < -0.39 is 0 Å². The number of halogens is 1. The summed E-state index contributed by atoms with van der Waals surface area (Å²) in [7, 11) is 0.555. The Labute approximate surface area is 68.0 Å². The summed E-state index contributed by atoms with van der Waals surface area (Å²) in [6.45, 7) is 2.62. The maximum atomic E-state index is 10.7. The van der Waals surface area contributed by atoms with Crippen molar-refractivity contribution in [2.45, 2.75) is 6.92 Å². The van der Waals surface area contributed by atoms with Crippen molar-refractivity contribution in [3.8, 4) is 0 Å². The van der Waals surface area contributed by atoms with Crippen molar-refractivity contribution in [1.82, 2.24) is 0 Å². The van der Waals surface area contributed by atoms with Gasteiger partial charge in [0.25, 0.3) is 0 Å². The van der Waals surface area contributed by atoms with Gasteiger partial charge in [-0.15, -0.1) is 0 Å². The summed E-state index contributed by atoms with van der Waals surface area (Å²) < 4.78 is 1.95. The van der Waals surface area contributed by atoms with E-state index in [0.717, 1.165) is 8.72 Å². The molecule has 0 aliphatic rings. The zero-order valence-corrected chi connectivity index (χ0v) is 8.64. The van der Waals surface area contributed by atoms with Gasteiger partial charge in [0.05, 0.1) is 0 Å². The van der Waals surface area contributed by atoms with E-state index in [2.05, 4.69) is 0 Å². The van der Waals surface area contributed by atoms with Crippen molar-refractivity contribution in [2.24, 2.45) is 5.50 Å². The summed E-state index contributed by atoms with van der Waals surface area (Å²) in [6.07, 6.45) is 0. The first-order valence-corrected chi connectivity index (χ1v) is 7.13. The fourth-order valence-electron chi connectivity index (χ4n) is 0.302. The summed E-state index contributed by atoms with van der Waals surface area (Å²) in [6, 6.07) is 0. The van der Waals surface area contributed by atoms with E-state index in [0.29, 0.717) is 20.3 Å². The fraction of sp³-hybridized carbons (Fsp3) is 1.00. The first kappa shape index (κ1) is 10.0. The van der Waals surface area contributed by atoms with Gasteiger partial charge in [-0.3, -0.25) is 0 Å². The zero-order valence-electron chi connectivity index (χ0n) is 5.48. The Morgan fingerprint density at radius 2 is 2.44 bits per heavy atom. The minimum absolute atomic E-state index is 0.116. The molecule has 0 saturated carbocycles. The second-order valence-electron chi connectivity index (χ2n) is 1.55. The van der Waals surface area contributed by atoms with Crippen LogP contribution in [0.2, 0.25) is 0 Å². The van der Waals surface area contributed by atoms with Crippen LogP contribution >= 0.6 is 8.73 Å². The zero-order chi connectivity index (χ0) is 7.11. The van der Waals surface area contributed by atoms with Crippen LogP contribution in [0.15, 0.2) is 0 Å². The molecule has 0 spiro atoms. The van der Waals surface area contributed by atoms with Crippen molar-refractivity contribution in [2.75, 3.05) is 15.3 Å². The van der Waals surface area contributed by atoms with Crippen LogP contribution < -0.4 is 31.8 Å². The second-order valence-corrected chi connectivity index (χ2v) is 6.36. The molecule has 0 rings (SSSR count). The van der Waals surface area contributed by atoms with Crippen LogP contribution in [0.25, 0.3) is 0 Å². The van der Waals surface area contributed by atoms with Crippen LogP contribution in [0.1, 0.15) is 6.92 Å². The van der Waals surface area contributed by atoms with Crippen LogP contribution in [0.4, 0.5) is 0 Å². The van der Waals surface area contributed by atoms with Crippen LogP contribution in [-0.4, -0.2) is 15.3 Å². The van der Waals surface area contributed by atoms with Crippen LogP contribution in [-0.2, 0) is 0 Å². The van der Waals surface area contributed by atoms with E-state index in [4.69, 9.17) is 5.50 Å². The van der Waals surface area contributed by atoms with E-state index in [1.165, 1.54) is 0 Å². The van der Waals surface area contributed by atoms with E-state index in [9.17, 15) is 5.21 Å². The molecule has 2 unspecified atom stereocenters. The van der Waals surface area contributed by atoms with Gasteiger partial charge >= 0.3 is 67.9 Å². The predicted molar refractivity (Wildman–Crippen MR) is 37.1 cm³/mol. The molecule has 0 aliphatic carbocycles. The SMILES string of the molecule is CC[NH+]([O-])C[I-]CPN. The normalized spacial score (nSPS) is 15.4. The summed E-state index contributed by atoms with van der Waals surface area (Å²) in [5.41, 5.74) is 5.30. The molecule has 0 aromatic carbocycles. The van der Waals surface area contributed by atoms with Crippen LogP contribution in [0, 0.1) is 5.21 Å².